The second-order valence-corrected chi connectivity index (χ2v) is 10.5. The number of hydrogen-bond donors (Lipinski definition) is 0. The fourth-order valence-corrected chi connectivity index (χ4v) is 5.67. The number of nitriles is 1. The maximum absolute atomic E-state index is 13.7. The van der Waals surface area contributed by atoms with Crippen molar-refractivity contribution in [2.45, 2.75) is 63.1 Å². The van der Waals surface area contributed by atoms with Crippen LogP contribution in [0.2, 0.25) is 0 Å². The van der Waals surface area contributed by atoms with E-state index in [1.54, 1.807) is 24.4 Å². The number of ether oxygens (including phenoxy) is 1. The minimum Gasteiger partial charge on any atom is -0.366 e. The van der Waals surface area contributed by atoms with Crippen LogP contribution in [-0.4, -0.2) is 84.8 Å². The van der Waals surface area contributed by atoms with E-state index >= 15 is 0 Å². The SMILES string of the molecule is C=C/C(C#N)=C\C(=NC)N1CC2(CCC2)c2c1ncnc2N1C[C@@H](C)N(C(=O)C(C)(CF)OC)C[C@@H]1C. The van der Waals surface area contributed by atoms with Crippen molar-refractivity contribution in [3.8, 4) is 6.07 Å². The van der Waals surface area contributed by atoms with Gasteiger partial charge >= 0.3 is 0 Å². The van der Waals surface area contributed by atoms with Gasteiger partial charge in [-0.3, -0.25) is 9.79 Å². The summed E-state index contributed by atoms with van der Waals surface area (Å²) >= 11 is 0. The number of allylic oxidation sites excluding steroid dienone is 2. The summed E-state index contributed by atoms with van der Waals surface area (Å²) in [6, 6.07) is 1.94. The molecule has 1 aromatic rings. The summed E-state index contributed by atoms with van der Waals surface area (Å²) in [4.78, 5) is 33.2. The first-order valence-corrected chi connectivity index (χ1v) is 12.7. The lowest BCUT2D eigenvalue weighted by Crippen LogP contribution is -2.63. The number of amides is 1. The van der Waals surface area contributed by atoms with Gasteiger partial charge in [-0.05, 0) is 39.7 Å². The third-order valence-electron chi connectivity index (χ3n) is 8.18. The van der Waals surface area contributed by atoms with Crippen molar-refractivity contribution in [3.63, 3.8) is 0 Å². The maximum Gasteiger partial charge on any atom is 0.257 e. The molecule has 9 nitrogen and oxygen atoms in total. The van der Waals surface area contributed by atoms with E-state index < -0.39 is 12.3 Å². The number of nitrogens with zero attached hydrogens (tertiary/aromatic N) is 7. The van der Waals surface area contributed by atoms with Crippen LogP contribution in [0.25, 0.3) is 0 Å². The number of fused-ring (bicyclic) bond motifs is 2. The third kappa shape index (κ3) is 4.39. The molecule has 0 aromatic carbocycles. The zero-order valence-electron chi connectivity index (χ0n) is 22.4. The lowest BCUT2D eigenvalue weighted by molar-refractivity contribution is -0.158. The summed E-state index contributed by atoms with van der Waals surface area (Å²) < 4.78 is 19.0. The predicted molar refractivity (Wildman–Crippen MR) is 142 cm³/mol. The summed E-state index contributed by atoms with van der Waals surface area (Å²) in [5, 5.41) is 9.43. The molecule has 1 spiro atoms. The zero-order valence-corrected chi connectivity index (χ0v) is 22.4. The maximum atomic E-state index is 13.7. The Bertz CT molecular complexity index is 1170. The van der Waals surface area contributed by atoms with Gasteiger partial charge in [0.15, 0.2) is 5.60 Å². The molecule has 0 bridgehead atoms. The van der Waals surface area contributed by atoms with Crippen LogP contribution >= 0.6 is 0 Å². The van der Waals surface area contributed by atoms with Gasteiger partial charge in [0.25, 0.3) is 5.91 Å². The van der Waals surface area contributed by atoms with E-state index in [1.807, 2.05) is 6.92 Å². The monoisotopic (exact) mass is 509 g/mol. The molecule has 1 saturated carbocycles. The lowest BCUT2D eigenvalue weighted by atomic mass is 9.66. The van der Waals surface area contributed by atoms with E-state index in [4.69, 9.17) is 9.72 Å². The number of rotatable bonds is 6. The minimum atomic E-state index is -1.49. The van der Waals surface area contributed by atoms with Gasteiger partial charge in [-0.15, -0.1) is 0 Å². The number of alkyl halides is 1. The smallest absolute Gasteiger partial charge is 0.257 e. The Balaban J connectivity index is 1.70. The number of methoxy groups -OCH3 is 1. The van der Waals surface area contributed by atoms with Crippen LogP contribution in [0, 0.1) is 11.3 Å². The molecule has 4 rings (SSSR count). The highest BCUT2D eigenvalue weighted by Gasteiger charge is 2.52. The number of anilines is 2. The molecule has 1 aromatic heterocycles. The fraction of sp³-hybridized carbons (Fsp3) is 0.593. The van der Waals surface area contributed by atoms with Crippen molar-refractivity contribution in [2.75, 3.05) is 50.3 Å². The number of aliphatic imine (C=N–C) groups is 1. The lowest BCUT2D eigenvalue weighted by Gasteiger charge is -2.48. The van der Waals surface area contributed by atoms with E-state index in [0.717, 1.165) is 43.0 Å². The van der Waals surface area contributed by atoms with Gasteiger partial charge in [0.05, 0.1) is 11.6 Å². The first kappa shape index (κ1) is 26.7. The summed E-state index contributed by atoms with van der Waals surface area (Å²) in [7, 11) is 3.08. The normalized spacial score (nSPS) is 24.8. The molecule has 3 aliphatic rings. The molecule has 198 valence electrons. The van der Waals surface area contributed by atoms with Crippen LogP contribution in [-0.2, 0) is 14.9 Å². The Kier molecular flexibility index (Phi) is 7.38. The predicted octanol–water partition coefficient (Wildman–Crippen LogP) is 3.18. The number of halogens is 1. The second-order valence-electron chi connectivity index (χ2n) is 10.5. The Labute approximate surface area is 218 Å². The highest BCUT2D eigenvalue weighted by molar-refractivity contribution is 6.08. The Morgan fingerprint density at radius 1 is 1.35 bits per heavy atom. The van der Waals surface area contributed by atoms with Gasteiger partial charge in [0.1, 0.15) is 30.5 Å². The molecule has 3 atom stereocenters. The van der Waals surface area contributed by atoms with Crippen molar-refractivity contribution in [2.24, 2.45) is 4.99 Å². The first-order valence-electron chi connectivity index (χ1n) is 12.7. The summed E-state index contributed by atoms with van der Waals surface area (Å²) in [6.45, 7) is 10.1. The molecule has 1 saturated heterocycles. The zero-order chi connectivity index (χ0) is 27.0. The number of amidine groups is 1. The molecule has 10 heteroatoms. The Morgan fingerprint density at radius 2 is 2.05 bits per heavy atom. The fourth-order valence-electron chi connectivity index (χ4n) is 5.67. The standard InChI is InChI=1S/C27H36FN7O2/c1-7-20(12-29)11-21(30-5)35-16-27(9-8-10-27)22-23(31-17-32-24(22)35)33-13-19(3)34(14-18(33)2)25(36)26(4,15-28)37-6/h7,11,17-19H,1,8-10,13-16H2,2-6H3/b20-11+,30-21?/t18-,19+,26?/m0/s1. The van der Waals surface area contributed by atoms with Crippen LogP contribution in [0.1, 0.15) is 45.6 Å². The van der Waals surface area contributed by atoms with E-state index in [9.17, 15) is 14.4 Å². The molecular weight excluding hydrogens is 473 g/mol. The highest BCUT2D eigenvalue weighted by atomic mass is 19.1. The minimum absolute atomic E-state index is 0.0452. The van der Waals surface area contributed by atoms with Gasteiger partial charge in [-0.25, -0.2) is 14.4 Å². The first-order chi connectivity index (χ1) is 17.7. The van der Waals surface area contributed by atoms with Crippen molar-refractivity contribution in [3.05, 3.63) is 36.2 Å². The van der Waals surface area contributed by atoms with Gasteiger partial charge in [-0.1, -0.05) is 19.1 Å². The third-order valence-corrected chi connectivity index (χ3v) is 8.18. The Hall–Kier alpha value is -3.32. The van der Waals surface area contributed by atoms with Crippen LogP contribution in [0.15, 0.2) is 35.6 Å². The number of aromatic nitrogens is 2. The molecule has 37 heavy (non-hydrogen) atoms. The van der Waals surface area contributed by atoms with Gasteiger partial charge < -0.3 is 19.4 Å². The van der Waals surface area contributed by atoms with Crippen LogP contribution in [0.5, 0.6) is 0 Å². The second kappa shape index (κ2) is 10.2. The van der Waals surface area contributed by atoms with Crippen LogP contribution < -0.4 is 9.80 Å². The van der Waals surface area contributed by atoms with Crippen LogP contribution in [0.3, 0.4) is 0 Å². The molecule has 2 fully saturated rings. The quantitative estimate of drug-likeness (QED) is 0.251. The van der Waals surface area contributed by atoms with E-state index in [2.05, 4.69) is 39.3 Å². The van der Waals surface area contributed by atoms with E-state index in [1.165, 1.54) is 20.1 Å². The number of hydrogen-bond acceptors (Lipinski definition) is 7. The molecule has 3 heterocycles. The molecule has 0 radical (unpaired) electrons. The van der Waals surface area contributed by atoms with Crippen molar-refractivity contribution in [1.29, 1.82) is 5.26 Å². The molecule has 1 unspecified atom stereocenters. The summed E-state index contributed by atoms with van der Waals surface area (Å²) in [6.07, 6.45) is 8.01. The largest absolute Gasteiger partial charge is 0.366 e. The van der Waals surface area contributed by atoms with Crippen molar-refractivity contribution in [1.82, 2.24) is 14.9 Å². The van der Waals surface area contributed by atoms with Crippen molar-refractivity contribution < 1.29 is 13.9 Å². The van der Waals surface area contributed by atoms with Crippen molar-refractivity contribution >= 4 is 23.4 Å². The summed E-state index contributed by atoms with van der Waals surface area (Å²) in [5.41, 5.74) is -0.0298. The highest BCUT2D eigenvalue weighted by Crippen LogP contribution is 2.55. The van der Waals surface area contributed by atoms with E-state index in [0.29, 0.717) is 24.5 Å². The topological polar surface area (TPSA) is 98.0 Å². The number of carbonyl (C=O) groups excluding carboxylic acids is 1. The average molecular weight is 510 g/mol. The molecule has 2 aliphatic heterocycles. The molecular formula is C27H36FN7O2. The van der Waals surface area contributed by atoms with E-state index in [-0.39, 0.29) is 23.4 Å². The average Bonchev–Trinajstić information content (AvgIpc) is 3.26. The Morgan fingerprint density at radius 3 is 2.59 bits per heavy atom. The van der Waals surface area contributed by atoms with Gasteiger partial charge in [0.2, 0.25) is 0 Å². The van der Waals surface area contributed by atoms with Gasteiger partial charge in [0, 0.05) is 56.9 Å². The van der Waals surface area contributed by atoms with Gasteiger partial charge in [-0.2, -0.15) is 5.26 Å². The number of piperazine rings is 1. The van der Waals surface area contributed by atoms with Crippen LogP contribution in [0.4, 0.5) is 16.0 Å². The molecule has 0 N–H and O–H groups in total. The number of carbonyl (C=O) groups is 1. The summed E-state index contributed by atoms with van der Waals surface area (Å²) in [5.74, 6) is 2.01. The molecule has 1 amide bonds. The molecule has 1 aliphatic carbocycles.